The van der Waals surface area contributed by atoms with Gasteiger partial charge in [0, 0.05) is 29.5 Å². The normalized spacial score (nSPS) is 10.9. The van der Waals surface area contributed by atoms with Crippen LogP contribution in [0.2, 0.25) is 0 Å². The van der Waals surface area contributed by atoms with Crippen molar-refractivity contribution in [1.82, 2.24) is 5.32 Å². The predicted octanol–water partition coefficient (Wildman–Crippen LogP) is 3.61. The summed E-state index contributed by atoms with van der Waals surface area (Å²) in [6.07, 6.45) is 4.66. The summed E-state index contributed by atoms with van der Waals surface area (Å²) >= 11 is 1.91. The van der Waals surface area contributed by atoms with Crippen LogP contribution in [-0.2, 0) is 17.7 Å². The predicted molar refractivity (Wildman–Crippen MR) is 75.7 cm³/mol. The van der Waals surface area contributed by atoms with Crippen molar-refractivity contribution >= 4 is 11.3 Å². The third kappa shape index (κ3) is 6.81. The Morgan fingerprint density at radius 2 is 1.88 bits per heavy atom. The van der Waals surface area contributed by atoms with Crippen LogP contribution in [0.5, 0.6) is 0 Å². The molecule has 1 rings (SSSR count). The first kappa shape index (κ1) is 14.7. The quantitative estimate of drug-likeness (QED) is 0.645. The highest BCUT2D eigenvalue weighted by atomic mass is 32.1. The molecule has 0 saturated heterocycles. The van der Waals surface area contributed by atoms with Gasteiger partial charge in [-0.25, -0.2) is 0 Å². The van der Waals surface area contributed by atoms with Gasteiger partial charge in [0.05, 0.1) is 0 Å². The first-order valence-corrected chi connectivity index (χ1v) is 7.54. The van der Waals surface area contributed by atoms with Crippen LogP contribution in [-0.4, -0.2) is 19.8 Å². The summed E-state index contributed by atoms with van der Waals surface area (Å²) < 4.78 is 5.51. The summed E-state index contributed by atoms with van der Waals surface area (Å²) in [5, 5.41) is 3.46. The fourth-order valence-corrected chi connectivity index (χ4v) is 2.49. The Bertz CT molecular complexity index is 286. The van der Waals surface area contributed by atoms with Crippen LogP contribution >= 0.6 is 11.3 Å². The van der Waals surface area contributed by atoms with E-state index in [1.54, 1.807) is 0 Å². The molecule has 0 aliphatic carbocycles. The summed E-state index contributed by atoms with van der Waals surface area (Å²) in [7, 11) is 0. The van der Waals surface area contributed by atoms with Crippen LogP contribution in [0, 0.1) is 0 Å². The molecule has 1 aromatic heterocycles. The molecule has 0 radical (unpaired) electrons. The maximum atomic E-state index is 5.51. The van der Waals surface area contributed by atoms with Gasteiger partial charge in [0.15, 0.2) is 0 Å². The van der Waals surface area contributed by atoms with Gasteiger partial charge in [-0.1, -0.05) is 20.3 Å². The van der Waals surface area contributed by atoms with Crippen molar-refractivity contribution < 1.29 is 4.74 Å². The van der Waals surface area contributed by atoms with Crippen LogP contribution in [0.4, 0.5) is 0 Å². The van der Waals surface area contributed by atoms with Gasteiger partial charge in [-0.3, -0.25) is 0 Å². The SMILES string of the molecule is CCCCOCCCNCc1ccc(CC)s1. The minimum atomic E-state index is 0.887. The molecule has 0 spiro atoms. The molecule has 0 bridgehead atoms. The molecule has 0 unspecified atom stereocenters. The molecule has 0 saturated carbocycles. The fourth-order valence-electron chi connectivity index (χ4n) is 1.57. The van der Waals surface area contributed by atoms with E-state index in [2.05, 4.69) is 31.3 Å². The Hall–Kier alpha value is -0.380. The molecule has 98 valence electrons. The second kappa shape index (κ2) is 9.63. The molecule has 1 aromatic rings. The summed E-state index contributed by atoms with van der Waals surface area (Å²) in [4.78, 5) is 2.92. The number of nitrogens with one attached hydrogen (secondary N) is 1. The second-order valence-corrected chi connectivity index (χ2v) is 5.47. The number of hydrogen-bond donors (Lipinski definition) is 1. The molecule has 0 aliphatic rings. The number of thiophene rings is 1. The van der Waals surface area contributed by atoms with Crippen LogP contribution in [0.3, 0.4) is 0 Å². The topological polar surface area (TPSA) is 21.3 Å². The number of hydrogen-bond acceptors (Lipinski definition) is 3. The molecule has 0 fully saturated rings. The van der Waals surface area contributed by atoms with Gasteiger partial charge < -0.3 is 10.1 Å². The maximum absolute atomic E-state index is 5.51. The van der Waals surface area contributed by atoms with Gasteiger partial charge in [-0.2, -0.15) is 0 Å². The zero-order chi connectivity index (χ0) is 12.3. The summed E-state index contributed by atoms with van der Waals surface area (Å²) in [6.45, 7) is 8.25. The van der Waals surface area contributed by atoms with Gasteiger partial charge in [0.2, 0.25) is 0 Å². The Balaban J connectivity index is 1.93. The van der Waals surface area contributed by atoms with Gasteiger partial charge in [-0.05, 0) is 37.9 Å². The number of aryl methyl sites for hydroxylation is 1. The highest BCUT2D eigenvalue weighted by Crippen LogP contribution is 2.16. The molecule has 0 atom stereocenters. The third-order valence-electron chi connectivity index (χ3n) is 2.65. The maximum Gasteiger partial charge on any atom is 0.0478 e. The molecule has 1 N–H and O–H groups in total. The van der Waals surface area contributed by atoms with E-state index in [1.165, 1.54) is 22.6 Å². The van der Waals surface area contributed by atoms with Crippen molar-refractivity contribution in [2.75, 3.05) is 19.8 Å². The van der Waals surface area contributed by atoms with E-state index in [0.717, 1.165) is 39.1 Å². The molecular formula is C14H25NOS. The van der Waals surface area contributed by atoms with E-state index < -0.39 is 0 Å². The summed E-state index contributed by atoms with van der Waals surface area (Å²) in [6, 6.07) is 4.46. The minimum absolute atomic E-state index is 0.887. The zero-order valence-corrected chi connectivity index (χ0v) is 11.9. The van der Waals surface area contributed by atoms with Crippen molar-refractivity contribution in [1.29, 1.82) is 0 Å². The van der Waals surface area contributed by atoms with Crippen LogP contribution < -0.4 is 5.32 Å². The first-order valence-electron chi connectivity index (χ1n) is 6.72. The summed E-state index contributed by atoms with van der Waals surface area (Å²) in [5.41, 5.74) is 0. The summed E-state index contributed by atoms with van der Waals surface area (Å²) in [5.74, 6) is 0. The van der Waals surface area contributed by atoms with Gasteiger partial charge >= 0.3 is 0 Å². The average molecular weight is 255 g/mol. The standard InChI is InChI=1S/C14H25NOS/c1-3-5-10-16-11-6-9-15-12-14-8-7-13(4-2)17-14/h7-8,15H,3-6,9-12H2,1-2H3. The lowest BCUT2D eigenvalue weighted by Crippen LogP contribution is -2.15. The molecule has 3 heteroatoms. The molecular weight excluding hydrogens is 230 g/mol. The molecule has 0 aromatic carbocycles. The van der Waals surface area contributed by atoms with Crippen molar-refractivity contribution in [3.8, 4) is 0 Å². The van der Waals surface area contributed by atoms with Crippen molar-refractivity contribution in [3.63, 3.8) is 0 Å². The van der Waals surface area contributed by atoms with Crippen LogP contribution in [0.15, 0.2) is 12.1 Å². The van der Waals surface area contributed by atoms with Gasteiger partial charge in [0.1, 0.15) is 0 Å². The second-order valence-electron chi connectivity index (χ2n) is 4.22. The lowest BCUT2D eigenvalue weighted by molar-refractivity contribution is 0.129. The molecule has 1 heterocycles. The molecule has 0 aliphatic heterocycles. The van der Waals surface area contributed by atoms with Gasteiger partial charge in [-0.15, -0.1) is 11.3 Å². The number of ether oxygens (including phenoxy) is 1. The van der Waals surface area contributed by atoms with E-state index in [1.807, 2.05) is 11.3 Å². The lowest BCUT2D eigenvalue weighted by atomic mass is 10.3. The van der Waals surface area contributed by atoms with Crippen molar-refractivity contribution in [2.45, 2.75) is 46.1 Å². The van der Waals surface area contributed by atoms with E-state index in [0.29, 0.717) is 0 Å². The van der Waals surface area contributed by atoms with Crippen molar-refractivity contribution in [2.24, 2.45) is 0 Å². The smallest absolute Gasteiger partial charge is 0.0478 e. The Labute approximate surface area is 109 Å². The average Bonchev–Trinajstić information content (AvgIpc) is 2.80. The lowest BCUT2D eigenvalue weighted by Gasteiger charge is -2.04. The Morgan fingerprint density at radius 3 is 2.59 bits per heavy atom. The zero-order valence-electron chi connectivity index (χ0n) is 11.1. The van der Waals surface area contributed by atoms with E-state index in [4.69, 9.17) is 4.74 Å². The number of rotatable bonds is 10. The Kier molecular flexibility index (Phi) is 8.32. The van der Waals surface area contributed by atoms with E-state index >= 15 is 0 Å². The molecule has 17 heavy (non-hydrogen) atoms. The third-order valence-corrected chi connectivity index (χ3v) is 3.88. The largest absolute Gasteiger partial charge is 0.381 e. The highest BCUT2D eigenvalue weighted by Gasteiger charge is 1.97. The first-order chi connectivity index (χ1) is 8.36. The molecule has 2 nitrogen and oxygen atoms in total. The fraction of sp³-hybridized carbons (Fsp3) is 0.714. The van der Waals surface area contributed by atoms with Crippen LogP contribution in [0.25, 0.3) is 0 Å². The highest BCUT2D eigenvalue weighted by molar-refractivity contribution is 7.11. The van der Waals surface area contributed by atoms with Crippen LogP contribution in [0.1, 0.15) is 42.9 Å². The molecule has 0 amide bonds. The van der Waals surface area contributed by atoms with E-state index in [9.17, 15) is 0 Å². The van der Waals surface area contributed by atoms with Gasteiger partial charge in [0.25, 0.3) is 0 Å². The monoisotopic (exact) mass is 255 g/mol. The minimum Gasteiger partial charge on any atom is -0.381 e. The Morgan fingerprint density at radius 1 is 1.12 bits per heavy atom. The number of unbranched alkanes of at least 4 members (excludes halogenated alkanes) is 1. The van der Waals surface area contributed by atoms with Crippen molar-refractivity contribution in [3.05, 3.63) is 21.9 Å². The van der Waals surface area contributed by atoms with E-state index in [-0.39, 0.29) is 0 Å².